The summed E-state index contributed by atoms with van der Waals surface area (Å²) in [5, 5.41) is 3.90. The Hall–Kier alpha value is -2.26. The fraction of sp³-hybridized carbons (Fsp3) is 0.333. The van der Waals surface area contributed by atoms with Gasteiger partial charge in [-0.2, -0.15) is 0 Å². The number of fused-ring (bicyclic) bond motifs is 1. The molecule has 3 aromatic rings. The van der Waals surface area contributed by atoms with Gasteiger partial charge in [-0.05, 0) is 25.1 Å². The Bertz CT molecular complexity index is 929. The van der Waals surface area contributed by atoms with Crippen LogP contribution in [0.5, 0.6) is 0 Å². The zero-order valence-electron chi connectivity index (χ0n) is 14.5. The number of nitrogens with zero attached hydrogens (tertiary/aromatic N) is 2. The van der Waals surface area contributed by atoms with Gasteiger partial charge in [-0.1, -0.05) is 0 Å². The molecule has 1 aliphatic heterocycles. The Morgan fingerprint density at radius 3 is 3.00 bits per heavy atom. The fourth-order valence-electron chi connectivity index (χ4n) is 3.28. The molecule has 4 N–H and O–H groups in total. The maximum Gasteiger partial charge on any atom is 0.267 e. The molecule has 1 aliphatic rings. The minimum absolute atomic E-state index is 0.262. The van der Waals surface area contributed by atoms with Gasteiger partial charge < -0.3 is 9.72 Å². The minimum atomic E-state index is -0.311. The first-order valence-corrected chi connectivity index (χ1v) is 9.45. The van der Waals surface area contributed by atoms with E-state index in [9.17, 15) is 4.79 Å². The molecule has 0 aliphatic carbocycles. The van der Waals surface area contributed by atoms with E-state index in [-0.39, 0.29) is 11.9 Å². The summed E-state index contributed by atoms with van der Waals surface area (Å²) < 4.78 is 5.43. The maximum absolute atomic E-state index is 11.9. The second kappa shape index (κ2) is 7.16. The SMILES string of the molecule is CC(c1csc(-c2ccc3[nH]cc(C(=O)NN)c3c2)n1)N1CCOCC1. The Morgan fingerprint density at radius 1 is 1.42 bits per heavy atom. The summed E-state index contributed by atoms with van der Waals surface area (Å²) in [6, 6.07) is 6.23. The number of benzene rings is 1. The third kappa shape index (κ3) is 3.12. The molecule has 0 radical (unpaired) electrons. The molecule has 1 unspecified atom stereocenters. The summed E-state index contributed by atoms with van der Waals surface area (Å²) >= 11 is 1.62. The smallest absolute Gasteiger partial charge is 0.267 e. The number of rotatable bonds is 4. The summed E-state index contributed by atoms with van der Waals surface area (Å²) in [6.45, 7) is 5.60. The van der Waals surface area contributed by atoms with E-state index in [1.54, 1.807) is 17.5 Å². The summed E-state index contributed by atoms with van der Waals surface area (Å²) in [5.74, 6) is 4.96. The van der Waals surface area contributed by atoms with Gasteiger partial charge in [0.2, 0.25) is 0 Å². The number of aromatic amines is 1. The first-order valence-electron chi connectivity index (χ1n) is 8.57. The zero-order valence-corrected chi connectivity index (χ0v) is 15.3. The second-order valence-electron chi connectivity index (χ2n) is 6.34. The number of thiazole rings is 1. The number of hydrogen-bond acceptors (Lipinski definition) is 6. The standard InChI is InChI=1S/C18H21N5O2S/c1-11(23-4-6-25-7-5-23)16-10-26-18(21-16)12-2-3-15-13(8-12)14(9-20-15)17(24)22-19/h2-3,8-11,20H,4-7,19H2,1H3,(H,22,24). The van der Waals surface area contributed by atoms with Crippen molar-refractivity contribution in [3.05, 3.63) is 41.0 Å². The predicted octanol–water partition coefficient (Wildman–Crippen LogP) is 2.29. The molecule has 1 amide bonds. The van der Waals surface area contributed by atoms with Gasteiger partial charge in [-0.15, -0.1) is 11.3 Å². The van der Waals surface area contributed by atoms with Crippen molar-refractivity contribution in [1.82, 2.24) is 20.3 Å². The number of morpholine rings is 1. The number of ether oxygens (including phenoxy) is 1. The molecule has 1 saturated heterocycles. The Morgan fingerprint density at radius 2 is 2.23 bits per heavy atom. The van der Waals surface area contributed by atoms with Crippen LogP contribution in [0.3, 0.4) is 0 Å². The van der Waals surface area contributed by atoms with Crippen LogP contribution >= 0.6 is 11.3 Å². The largest absolute Gasteiger partial charge is 0.379 e. The van der Waals surface area contributed by atoms with Crippen molar-refractivity contribution in [3.8, 4) is 10.6 Å². The normalized spacial score (nSPS) is 16.7. The minimum Gasteiger partial charge on any atom is -0.379 e. The molecule has 26 heavy (non-hydrogen) atoms. The van der Waals surface area contributed by atoms with Crippen molar-refractivity contribution in [2.75, 3.05) is 26.3 Å². The maximum atomic E-state index is 11.9. The average Bonchev–Trinajstić information content (AvgIpc) is 3.34. The van der Waals surface area contributed by atoms with Crippen molar-refractivity contribution in [2.45, 2.75) is 13.0 Å². The number of aromatic nitrogens is 2. The lowest BCUT2D eigenvalue weighted by Crippen LogP contribution is -2.38. The van der Waals surface area contributed by atoms with E-state index >= 15 is 0 Å². The van der Waals surface area contributed by atoms with Crippen LogP contribution in [0.4, 0.5) is 0 Å². The molecule has 0 saturated carbocycles. The lowest BCUT2D eigenvalue weighted by molar-refractivity contribution is 0.0192. The lowest BCUT2D eigenvalue weighted by Gasteiger charge is -2.31. The Balaban J connectivity index is 1.63. The highest BCUT2D eigenvalue weighted by Crippen LogP contribution is 2.31. The Labute approximate surface area is 155 Å². The zero-order chi connectivity index (χ0) is 18.1. The van der Waals surface area contributed by atoms with Gasteiger partial charge in [0.15, 0.2) is 0 Å². The van der Waals surface area contributed by atoms with Crippen LogP contribution in [0, 0.1) is 0 Å². The molecule has 1 aromatic carbocycles. The number of amides is 1. The molecule has 0 bridgehead atoms. The molecule has 7 nitrogen and oxygen atoms in total. The van der Waals surface area contributed by atoms with Crippen LogP contribution in [0.25, 0.3) is 21.5 Å². The van der Waals surface area contributed by atoms with Gasteiger partial charge in [-0.3, -0.25) is 15.1 Å². The van der Waals surface area contributed by atoms with Crippen LogP contribution < -0.4 is 11.3 Å². The number of carbonyl (C=O) groups is 1. The molecular weight excluding hydrogens is 350 g/mol. The van der Waals surface area contributed by atoms with Crippen LogP contribution in [-0.4, -0.2) is 47.1 Å². The first-order chi connectivity index (χ1) is 12.7. The topological polar surface area (TPSA) is 96.3 Å². The first kappa shape index (κ1) is 17.2. The molecule has 4 rings (SSSR count). The van der Waals surface area contributed by atoms with Crippen LogP contribution in [-0.2, 0) is 4.74 Å². The number of nitrogens with one attached hydrogen (secondary N) is 2. The highest BCUT2D eigenvalue weighted by Gasteiger charge is 2.21. The number of H-pyrrole nitrogens is 1. The van der Waals surface area contributed by atoms with Crippen molar-refractivity contribution in [1.29, 1.82) is 0 Å². The molecule has 136 valence electrons. The van der Waals surface area contributed by atoms with Gasteiger partial charge >= 0.3 is 0 Å². The fourth-order valence-corrected chi connectivity index (χ4v) is 4.18. The van der Waals surface area contributed by atoms with E-state index in [0.29, 0.717) is 5.56 Å². The van der Waals surface area contributed by atoms with Gasteiger partial charge in [0.05, 0.1) is 30.5 Å². The van der Waals surface area contributed by atoms with Gasteiger partial charge in [0.1, 0.15) is 5.01 Å². The van der Waals surface area contributed by atoms with E-state index in [2.05, 4.69) is 27.6 Å². The van der Waals surface area contributed by atoms with E-state index in [1.165, 1.54) is 0 Å². The second-order valence-corrected chi connectivity index (χ2v) is 7.20. The summed E-state index contributed by atoms with van der Waals surface area (Å²) in [6.07, 6.45) is 1.67. The molecular formula is C18H21N5O2S. The molecule has 0 spiro atoms. The van der Waals surface area contributed by atoms with Crippen LogP contribution in [0.2, 0.25) is 0 Å². The number of hydrogen-bond donors (Lipinski definition) is 3. The van der Waals surface area contributed by atoms with Crippen molar-refractivity contribution < 1.29 is 9.53 Å². The Kier molecular flexibility index (Phi) is 4.73. The van der Waals surface area contributed by atoms with Gasteiger partial charge in [0, 0.05) is 41.1 Å². The van der Waals surface area contributed by atoms with Crippen LogP contribution in [0.1, 0.15) is 29.0 Å². The van der Waals surface area contributed by atoms with Crippen molar-refractivity contribution in [3.63, 3.8) is 0 Å². The van der Waals surface area contributed by atoms with E-state index in [0.717, 1.165) is 53.5 Å². The molecule has 8 heteroatoms. The predicted molar refractivity (Wildman–Crippen MR) is 102 cm³/mol. The quantitative estimate of drug-likeness (QED) is 0.371. The highest BCUT2D eigenvalue weighted by molar-refractivity contribution is 7.13. The summed E-state index contributed by atoms with van der Waals surface area (Å²) in [7, 11) is 0. The summed E-state index contributed by atoms with van der Waals surface area (Å²) in [4.78, 5) is 22.2. The van der Waals surface area contributed by atoms with E-state index < -0.39 is 0 Å². The molecule has 1 atom stereocenters. The molecule has 2 aromatic heterocycles. The van der Waals surface area contributed by atoms with Crippen LogP contribution in [0.15, 0.2) is 29.8 Å². The number of nitrogens with two attached hydrogens (primary N) is 1. The monoisotopic (exact) mass is 371 g/mol. The third-order valence-corrected chi connectivity index (χ3v) is 5.76. The lowest BCUT2D eigenvalue weighted by atomic mass is 10.1. The average molecular weight is 371 g/mol. The molecule has 1 fully saturated rings. The molecule has 3 heterocycles. The number of hydrazine groups is 1. The van der Waals surface area contributed by atoms with E-state index in [1.807, 2.05) is 18.2 Å². The van der Waals surface area contributed by atoms with Crippen molar-refractivity contribution in [2.24, 2.45) is 5.84 Å². The van der Waals surface area contributed by atoms with Gasteiger partial charge in [-0.25, -0.2) is 10.8 Å². The number of carbonyl (C=O) groups excluding carboxylic acids is 1. The van der Waals surface area contributed by atoms with Crippen molar-refractivity contribution >= 4 is 28.1 Å². The third-order valence-electron chi connectivity index (χ3n) is 4.85. The summed E-state index contributed by atoms with van der Waals surface area (Å²) in [5.41, 5.74) is 5.68. The van der Waals surface area contributed by atoms with E-state index in [4.69, 9.17) is 15.6 Å². The highest BCUT2D eigenvalue weighted by atomic mass is 32.1. The van der Waals surface area contributed by atoms with Gasteiger partial charge in [0.25, 0.3) is 5.91 Å². The number of nitrogen functional groups attached to an aromatic ring is 1.